The fraction of sp³-hybridized carbons (Fsp3) is 0.538. The van der Waals surface area contributed by atoms with E-state index in [-0.39, 0.29) is 29.5 Å². The number of carboxylic acid groups (broad SMARTS) is 1. The van der Waals surface area contributed by atoms with Crippen molar-refractivity contribution >= 4 is 29.0 Å². The highest BCUT2D eigenvalue weighted by atomic mass is 16.6. The average Bonchev–Trinajstić information content (AvgIpc) is 3.08. The Morgan fingerprint density at radius 2 is 2.12 bits per heavy atom. The lowest BCUT2D eigenvalue weighted by Crippen LogP contribution is -2.35. The molecule has 0 bridgehead atoms. The summed E-state index contributed by atoms with van der Waals surface area (Å²) in [5, 5.41) is 39.0. The van der Waals surface area contributed by atoms with Crippen molar-refractivity contribution in [1.82, 2.24) is 19.5 Å². The van der Waals surface area contributed by atoms with E-state index in [2.05, 4.69) is 15.0 Å². The van der Waals surface area contributed by atoms with Gasteiger partial charge in [0.15, 0.2) is 23.2 Å². The lowest BCUT2D eigenvalue weighted by Gasteiger charge is -2.23. The molecule has 0 saturated carbocycles. The number of ether oxygens (including phenoxy) is 1. The first-order valence-electron chi connectivity index (χ1n) is 7.52. The molecule has 1 aliphatic rings. The highest BCUT2D eigenvalue weighted by Crippen LogP contribution is 2.36. The van der Waals surface area contributed by atoms with Crippen molar-refractivity contribution in [3.8, 4) is 0 Å². The second kappa shape index (κ2) is 6.40. The van der Waals surface area contributed by atoms with Gasteiger partial charge in [0.25, 0.3) is 0 Å². The third-order valence-corrected chi connectivity index (χ3v) is 4.05. The standard InChI is InChI=1S/C13H18N6O6/c1-2-18(13(23)24)12-17-6-9(14)15-4-16-10(6)19(12)11-8(22)7(21)5(3-20)25-11/h4-5,7-8,11,20-22H,2-3H2,1H3,(H,23,24)(H2,14,15,16)/t5-,7-,8-,11-/m1/s1. The van der Waals surface area contributed by atoms with Gasteiger partial charge in [0.1, 0.15) is 24.6 Å². The van der Waals surface area contributed by atoms with Gasteiger partial charge in [-0.3, -0.25) is 4.57 Å². The van der Waals surface area contributed by atoms with Crippen molar-refractivity contribution < 1.29 is 30.0 Å². The topological polar surface area (TPSA) is 180 Å². The van der Waals surface area contributed by atoms with E-state index in [0.29, 0.717) is 0 Å². The number of hydrogen-bond acceptors (Lipinski definition) is 9. The molecule has 4 atom stereocenters. The van der Waals surface area contributed by atoms with E-state index in [4.69, 9.17) is 10.5 Å². The van der Waals surface area contributed by atoms with E-state index < -0.39 is 37.2 Å². The first-order chi connectivity index (χ1) is 11.9. The number of rotatable bonds is 4. The van der Waals surface area contributed by atoms with Crippen LogP contribution in [-0.4, -0.2) is 77.5 Å². The molecule has 6 N–H and O–H groups in total. The maximum atomic E-state index is 11.5. The molecule has 1 aliphatic heterocycles. The molecule has 136 valence electrons. The first kappa shape index (κ1) is 17.3. The Morgan fingerprint density at radius 3 is 2.68 bits per heavy atom. The minimum absolute atomic E-state index is 0.0261. The van der Waals surface area contributed by atoms with Crippen LogP contribution in [0.15, 0.2) is 6.33 Å². The van der Waals surface area contributed by atoms with Gasteiger partial charge in [-0.25, -0.2) is 24.6 Å². The Morgan fingerprint density at radius 1 is 1.40 bits per heavy atom. The van der Waals surface area contributed by atoms with E-state index in [0.717, 1.165) is 11.2 Å². The third-order valence-electron chi connectivity index (χ3n) is 4.05. The zero-order chi connectivity index (χ0) is 18.3. The largest absolute Gasteiger partial charge is 0.465 e. The Balaban J connectivity index is 2.22. The number of anilines is 2. The van der Waals surface area contributed by atoms with Crippen LogP contribution in [-0.2, 0) is 4.74 Å². The molecular weight excluding hydrogens is 336 g/mol. The fourth-order valence-corrected chi connectivity index (χ4v) is 2.80. The number of hydrogen-bond donors (Lipinski definition) is 5. The highest BCUT2D eigenvalue weighted by molar-refractivity contribution is 5.90. The normalized spacial score (nSPS) is 26.2. The van der Waals surface area contributed by atoms with Crippen LogP contribution in [0, 0.1) is 0 Å². The Kier molecular flexibility index (Phi) is 4.43. The number of nitrogens with two attached hydrogens (primary N) is 1. The zero-order valence-electron chi connectivity index (χ0n) is 13.2. The molecule has 2 aromatic heterocycles. The van der Waals surface area contributed by atoms with Crippen LogP contribution >= 0.6 is 0 Å². The van der Waals surface area contributed by atoms with Crippen molar-refractivity contribution in [2.24, 2.45) is 0 Å². The summed E-state index contributed by atoms with van der Waals surface area (Å²) < 4.78 is 6.73. The Labute approximate surface area is 141 Å². The van der Waals surface area contributed by atoms with E-state index in [9.17, 15) is 25.2 Å². The predicted octanol–water partition coefficient (Wildman–Crippen LogP) is -1.48. The molecule has 12 heteroatoms. The summed E-state index contributed by atoms with van der Waals surface area (Å²) in [6, 6.07) is 0. The molecule has 1 fully saturated rings. The number of fused-ring (bicyclic) bond motifs is 1. The maximum absolute atomic E-state index is 11.5. The summed E-state index contributed by atoms with van der Waals surface area (Å²) in [5.41, 5.74) is 6.05. The van der Waals surface area contributed by atoms with Gasteiger partial charge in [-0.1, -0.05) is 0 Å². The summed E-state index contributed by atoms with van der Waals surface area (Å²) in [7, 11) is 0. The number of aliphatic hydroxyl groups is 3. The smallest absolute Gasteiger partial charge is 0.414 e. The lowest BCUT2D eigenvalue weighted by molar-refractivity contribution is -0.0504. The van der Waals surface area contributed by atoms with Gasteiger partial charge in [0.05, 0.1) is 6.61 Å². The van der Waals surface area contributed by atoms with Crippen molar-refractivity contribution in [1.29, 1.82) is 0 Å². The quantitative estimate of drug-likeness (QED) is 0.434. The number of carbonyl (C=O) groups is 1. The third kappa shape index (κ3) is 2.64. The van der Waals surface area contributed by atoms with Crippen LogP contribution in [0.3, 0.4) is 0 Å². The van der Waals surface area contributed by atoms with Gasteiger partial charge in [-0.05, 0) is 6.92 Å². The molecule has 3 heterocycles. The van der Waals surface area contributed by atoms with Crippen molar-refractivity contribution in [3.63, 3.8) is 0 Å². The van der Waals surface area contributed by atoms with Crippen molar-refractivity contribution in [2.45, 2.75) is 31.5 Å². The summed E-state index contributed by atoms with van der Waals surface area (Å²) in [6.07, 6.45) is -5.16. The second-order valence-corrected chi connectivity index (χ2v) is 5.47. The minimum atomic E-state index is -1.43. The second-order valence-electron chi connectivity index (χ2n) is 5.47. The summed E-state index contributed by atoms with van der Waals surface area (Å²) in [5.74, 6) is -0.0646. The molecule has 25 heavy (non-hydrogen) atoms. The van der Waals surface area contributed by atoms with Crippen LogP contribution in [0.5, 0.6) is 0 Å². The van der Waals surface area contributed by atoms with Crippen molar-refractivity contribution in [2.75, 3.05) is 23.8 Å². The van der Waals surface area contributed by atoms with Crippen LogP contribution in [0.4, 0.5) is 16.6 Å². The number of imidazole rings is 1. The molecule has 1 saturated heterocycles. The average molecular weight is 354 g/mol. The minimum Gasteiger partial charge on any atom is -0.465 e. The Hall–Kier alpha value is -2.54. The number of nitrogen functional groups attached to an aromatic ring is 1. The maximum Gasteiger partial charge on any atom is 0.414 e. The summed E-state index contributed by atoms with van der Waals surface area (Å²) in [4.78, 5) is 24.5. The molecule has 0 radical (unpaired) electrons. The van der Waals surface area contributed by atoms with Gasteiger partial charge in [0.2, 0.25) is 5.95 Å². The molecule has 0 aromatic carbocycles. The molecule has 0 unspecified atom stereocenters. The van der Waals surface area contributed by atoms with Gasteiger partial charge < -0.3 is 30.9 Å². The number of amides is 1. The van der Waals surface area contributed by atoms with Gasteiger partial charge in [-0.2, -0.15) is 0 Å². The summed E-state index contributed by atoms with van der Waals surface area (Å²) in [6.45, 7) is 1.13. The van der Waals surface area contributed by atoms with Crippen LogP contribution in [0.2, 0.25) is 0 Å². The fourth-order valence-electron chi connectivity index (χ4n) is 2.80. The van der Waals surface area contributed by atoms with E-state index in [1.807, 2.05) is 0 Å². The predicted molar refractivity (Wildman–Crippen MR) is 83.8 cm³/mol. The molecular formula is C13H18N6O6. The van der Waals surface area contributed by atoms with Crippen LogP contribution in [0.1, 0.15) is 13.2 Å². The molecule has 12 nitrogen and oxygen atoms in total. The van der Waals surface area contributed by atoms with Gasteiger partial charge >= 0.3 is 6.09 Å². The molecule has 1 amide bonds. The molecule has 3 rings (SSSR count). The summed E-state index contributed by atoms with van der Waals surface area (Å²) >= 11 is 0. The SMILES string of the molecule is CCN(C(=O)O)c1nc2c(N)ncnc2n1[C@@H]1O[C@H](CO)[C@@H](O)[C@H]1O. The Bertz CT molecular complexity index is 797. The lowest BCUT2D eigenvalue weighted by atomic mass is 10.1. The molecule has 0 aliphatic carbocycles. The molecule has 0 spiro atoms. The monoisotopic (exact) mass is 354 g/mol. The van der Waals surface area contributed by atoms with E-state index in [1.165, 1.54) is 4.57 Å². The van der Waals surface area contributed by atoms with E-state index in [1.54, 1.807) is 6.92 Å². The zero-order valence-corrected chi connectivity index (χ0v) is 13.2. The van der Waals surface area contributed by atoms with E-state index >= 15 is 0 Å². The van der Waals surface area contributed by atoms with Gasteiger partial charge in [0, 0.05) is 6.54 Å². The first-order valence-corrected chi connectivity index (χ1v) is 7.52. The van der Waals surface area contributed by atoms with Crippen LogP contribution in [0.25, 0.3) is 11.2 Å². The number of aromatic nitrogens is 4. The molecule has 2 aromatic rings. The number of nitrogens with zero attached hydrogens (tertiary/aromatic N) is 5. The van der Waals surface area contributed by atoms with Crippen molar-refractivity contribution in [3.05, 3.63) is 6.33 Å². The van der Waals surface area contributed by atoms with Crippen LogP contribution < -0.4 is 10.6 Å². The van der Waals surface area contributed by atoms with Gasteiger partial charge in [-0.15, -0.1) is 0 Å². The highest BCUT2D eigenvalue weighted by Gasteiger charge is 2.45. The number of aliphatic hydroxyl groups excluding tert-OH is 3.